The second kappa shape index (κ2) is 4.30. The first-order valence-electron chi connectivity index (χ1n) is 4.58. The molecule has 0 unspecified atom stereocenters. The van der Waals surface area contributed by atoms with Gasteiger partial charge in [0.15, 0.2) is 0 Å². The van der Waals surface area contributed by atoms with E-state index in [0.717, 1.165) is 0 Å². The number of methoxy groups -OCH3 is 1. The number of aliphatic carboxylic acids is 1. The van der Waals surface area contributed by atoms with Crippen molar-refractivity contribution in [3.8, 4) is 0 Å². The first-order chi connectivity index (χ1) is 7.36. The molecule has 0 saturated carbocycles. The molecule has 0 radical (unpaired) electrons. The number of nitrogens with zero attached hydrogens (tertiary/aromatic N) is 3. The van der Waals surface area contributed by atoms with Crippen molar-refractivity contribution in [2.75, 3.05) is 7.11 Å². The van der Waals surface area contributed by atoms with Gasteiger partial charge in [-0.3, -0.25) is 9.48 Å². The van der Waals surface area contributed by atoms with Crippen LogP contribution in [0.2, 0.25) is 0 Å². The van der Waals surface area contributed by atoms with E-state index in [1.165, 1.54) is 18.1 Å². The van der Waals surface area contributed by atoms with E-state index in [1.807, 2.05) is 0 Å². The highest BCUT2D eigenvalue weighted by atomic mass is 16.5. The van der Waals surface area contributed by atoms with Crippen LogP contribution >= 0.6 is 0 Å². The fraction of sp³-hybridized carbons (Fsp3) is 0.556. The lowest BCUT2D eigenvalue weighted by atomic mass is 9.94. The second-order valence-electron chi connectivity index (χ2n) is 3.95. The summed E-state index contributed by atoms with van der Waals surface area (Å²) in [4.78, 5) is 25.6. The lowest BCUT2D eigenvalue weighted by Gasteiger charge is -2.17. The zero-order valence-corrected chi connectivity index (χ0v) is 9.30. The molecule has 0 spiro atoms. The summed E-state index contributed by atoms with van der Waals surface area (Å²) in [7, 11) is 1.23. The van der Waals surface area contributed by atoms with Gasteiger partial charge in [-0.15, -0.1) is 5.10 Å². The monoisotopic (exact) mass is 227 g/mol. The van der Waals surface area contributed by atoms with Crippen LogP contribution in [0.5, 0.6) is 0 Å². The van der Waals surface area contributed by atoms with Crippen molar-refractivity contribution in [2.24, 2.45) is 5.41 Å². The molecule has 0 atom stereocenters. The quantitative estimate of drug-likeness (QED) is 0.737. The van der Waals surface area contributed by atoms with Gasteiger partial charge < -0.3 is 9.84 Å². The summed E-state index contributed by atoms with van der Waals surface area (Å²) in [6.45, 7) is 3.26. The minimum Gasteiger partial charge on any atom is -0.481 e. The van der Waals surface area contributed by atoms with Crippen LogP contribution < -0.4 is 0 Å². The van der Waals surface area contributed by atoms with Crippen LogP contribution in [0.15, 0.2) is 6.33 Å². The predicted octanol–water partition coefficient (Wildman–Crippen LogP) is 0.175. The number of hydrogen-bond acceptors (Lipinski definition) is 5. The van der Waals surface area contributed by atoms with E-state index in [4.69, 9.17) is 5.11 Å². The van der Waals surface area contributed by atoms with Gasteiger partial charge in [0.2, 0.25) is 0 Å². The third kappa shape index (κ3) is 2.56. The molecule has 16 heavy (non-hydrogen) atoms. The van der Waals surface area contributed by atoms with Gasteiger partial charge in [-0.25, -0.2) is 9.78 Å². The highest BCUT2D eigenvalue weighted by Crippen LogP contribution is 2.17. The Balaban J connectivity index is 2.80. The molecule has 0 bridgehead atoms. The summed E-state index contributed by atoms with van der Waals surface area (Å²) in [6.07, 6.45) is 1.30. The molecule has 1 heterocycles. The zero-order chi connectivity index (χ0) is 12.3. The second-order valence-corrected chi connectivity index (χ2v) is 3.95. The third-order valence-electron chi connectivity index (χ3n) is 2.04. The molecule has 7 heteroatoms. The molecular weight excluding hydrogens is 214 g/mol. The first kappa shape index (κ1) is 12.2. The lowest BCUT2D eigenvalue weighted by Crippen LogP contribution is -2.29. The van der Waals surface area contributed by atoms with Gasteiger partial charge in [-0.05, 0) is 13.8 Å². The molecule has 0 aliphatic carbocycles. The van der Waals surface area contributed by atoms with Crippen LogP contribution in [0.1, 0.15) is 24.5 Å². The summed E-state index contributed by atoms with van der Waals surface area (Å²) >= 11 is 0. The molecule has 0 aliphatic rings. The maximum Gasteiger partial charge on any atom is 0.377 e. The number of ether oxygens (including phenoxy) is 1. The van der Waals surface area contributed by atoms with E-state index >= 15 is 0 Å². The van der Waals surface area contributed by atoms with Gasteiger partial charge in [0.05, 0.1) is 19.1 Å². The van der Waals surface area contributed by atoms with Gasteiger partial charge in [0.1, 0.15) is 6.33 Å². The van der Waals surface area contributed by atoms with Crippen LogP contribution in [0.25, 0.3) is 0 Å². The molecule has 7 nitrogen and oxygen atoms in total. The maximum absolute atomic E-state index is 11.0. The van der Waals surface area contributed by atoms with Crippen LogP contribution in [0.3, 0.4) is 0 Å². The minimum absolute atomic E-state index is 0.0799. The van der Waals surface area contributed by atoms with E-state index in [-0.39, 0.29) is 12.4 Å². The van der Waals surface area contributed by atoms with Crippen molar-refractivity contribution in [3.63, 3.8) is 0 Å². The smallest absolute Gasteiger partial charge is 0.377 e. The molecule has 0 saturated heterocycles. The molecular formula is C9H13N3O4. The molecule has 1 aromatic rings. The highest BCUT2D eigenvalue weighted by molar-refractivity contribution is 5.84. The van der Waals surface area contributed by atoms with Crippen LogP contribution in [0.4, 0.5) is 0 Å². The zero-order valence-electron chi connectivity index (χ0n) is 9.30. The summed E-state index contributed by atoms with van der Waals surface area (Å²) in [6, 6.07) is 0. The molecule has 0 amide bonds. The van der Waals surface area contributed by atoms with Crippen molar-refractivity contribution >= 4 is 11.9 Å². The van der Waals surface area contributed by atoms with E-state index in [2.05, 4.69) is 14.8 Å². The molecule has 0 aliphatic heterocycles. The van der Waals surface area contributed by atoms with Gasteiger partial charge in [-0.2, -0.15) is 0 Å². The van der Waals surface area contributed by atoms with Gasteiger partial charge >= 0.3 is 11.9 Å². The number of hydrogen-bond donors (Lipinski definition) is 1. The molecule has 0 fully saturated rings. The van der Waals surface area contributed by atoms with Crippen LogP contribution in [0, 0.1) is 5.41 Å². The Bertz CT molecular complexity index is 411. The molecule has 1 aromatic heterocycles. The van der Waals surface area contributed by atoms with E-state index < -0.39 is 17.4 Å². The predicted molar refractivity (Wildman–Crippen MR) is 52.8 cm³/mol. The molecule has 1 rings (SSSR count). The van der Waals surface area contributed by atoms with Crippen molar-refractivity contribution in [2.45, 2.75) is 20.4 Å². The maximum atomic E-state index is 11.0. The molecule has 1 N–H and O–H groups in total. The largest absolute Gasteiger partial charge is 0.481 e. The van der Waals surface area contributed by atoms with Gasteiger partial charge in [0, 0.05) is 0 Å². The van der Waals surface area contributed by atoms with Gasteiger partial charge in [0.25, 0.3) is 5.82 Å². The average Bonchev–Trinajstić information content (AvgIpc) is 2.64. The Kier molecular flexibility index (Phi) is 3.26. The summed E-state index contributed by atoms with van der Waals surface area (Å²) in [5, 5.41) is 12.7. The van der Waals surface area contributed by atoms with Crippen LogP contribution in [-0.2, 0) is 16.1 Å². The standard InChI is InChI=1S/C9H13N3O4/c1-9(2,8(14)15)4-12-5-10-6(11-12)7(13)16-3/h5H,4H2,1-3H3,(H,14,15). The topological polar surface area (TPSA) is 94.3 Å². The van der Waals surface area contributed by atoms with E-state index in [9.17, 15) is 9.59 Å². The number of carboxylic acids is 1. The van der Waals surface area contributed by atoms with Crippen molar-refractivity contribution < 1.29 is 19.4 Å². The number of carbonyl (C=O) groups is 2. The van der Waals surface area contributed by atoms with E-state index in [1.54, 1.807) is 13.8 Å². The lowest BCUT2D eigenvalue weighted by molar-refractivity contribution is -0.147. The Morgan fingerprint density at radius 2 is 2.19 bits per heavy atom. The van der Waals surface area contributed by atoms with Crippen molar-refractivity contribution in [1.82, 2.24) is 14.8 Å². The van der Waals surface area contributed by atoms with Crippen molar-refractivity contribution in [1.29, 1.82) is 0 Å². The van der Waals surface area contributed by atoms with Gasteiger partial charge in [-0.1, -0.05) is 0 Å². The fourth-order valence-electron chi connectivity index (χ4n) is 1.03. The fourth-order valence-corrected chi connectivity index (χ4v) is 1.03. The average molecular weight is 227 g/mol. The Labute approximate surface area is 92.0 Å². The Morgan fingerprint density at radius 3 is 2.69 bits per heavy atom. The van der Waals surface area contributed by atoms with Crippen LogP contribution in [-0.4, -0.2) is 38.9 Å². The Morgan fingerprint density at radius 1 is 1.56 bits per heavy atom. The number of aromatic nitrogens is 3. The minimum atomic E-state index is -0.971. The highest BCUT2D eigenvalue weighted by Gasteiger charge is 2.28. The summed E-state index contributed by atoms with van der Waals surface area (Å²) in [5.41, 5.74) is -0.971. The van der Waals surface area contributed by atoms with Crippen molar-refractivity contribution in [3.05, 3.63) is 12.2 Å². The number of carbonyl (C=O) groups excluding carboxylic acids is 1. The SMILES string of the molecule is COC(=O)c1ncn(CC(C)(C)C(=O)O)n1. The summed E-state index contributed by atoms with van der Waals surface area (Å²) in [5.74, 6) is -1.67. The normalized spacial score (nSPS) is 11.2. The first-order valence-corrected chi connectivity index (χ1v) is 4.58. The number of carboxylic acid groups (broad SMARTS) is 1. The number of esters is 1. The summed E-state index contributed by atoms with van der Waals surface area (Å²) < 4.78 is 5.74. The molecule has 88 valence electrons. The number of rotatable bonds is 4. The van der Waals surface area contributed by atoms with E-state index in [0.29, 0.717) is 0 Å². The Hall–Kier alpha value is -1.92. The molecule has 0 aromatic carbocycles. The third-order valence-corrected chi connectivity index (χ3v) is 2.04.